The lowest BCUT2D eigenvalue weighted by atomic mass is 9.86. The Balaban J connectivity index is 1.18. The Bertz CT molecular complexity index is 1690. The molecule has 18 heteroatoms. The van der Waals surface area contributed by atoms with Gasteiger partial charge in [-0.15, -0.1) is 0 Å². The lowest BCUT2D eigenvalue weighted by Gasteiger charge is -2.45. The van der Waals surface area contributed by atoms with Gasteiger partial charge in [-0.3, -0.25) is 4.98 Å². The standard InChI is InChI=1S/C37H46F2N2O14/c1-37(2,49)26-9-5-19(14-40-26)21(18-4-8-22(53-36(38)39)23(12-18)50-20-6-7-20)11-17-3-10-27(41-13-17)54-34-32(48)30(46)33(25(16-43)52-34)55-35-31(47)29(45)28(44)24(15-42)51-35/h3-5,8-10,12-14,20-21,24-25,28-36,42-49H,6-7,11,15-16H2,1-2H3/t21-,24?,25?,28+,29?,30?,31-,32-,33+,34-,35-/m0/s1. The summed E-state index contributed by atoms with van der Waals surface area (Å²) in [7, 11) is 0. The van der Waals surface area contributed by atoms with Gasteiger partial charge in [0.05, 0.1) is 25.0 Å². The van der Waals surface area contributed by atoms with Crippen LogP contribution in [0, 0.1) is 0 Å². The summed E-state index contributed by atoms with van der Waals surface area (Å²) in [5.41, 5.74) is 1.42. The minimum absolute atomic E-state index is 0.0219. The first-order valence-electron chi connectivity index (χ1n) is 17.8. The van der Waals surface area contributed by atoms with E-state index in [0.29, 0.717) is 23.2 Å². The Hall–Kier alpha value is -3.66. The van der Waals surface area contributed by atoms with Gasteiger partial charge < -0.3 is 69.3 Å². The number of ether oxygens (including phenoxy) is 6. The van der Waals surface area contributed by atoms with Gasteiger partial charge in [0.15, 0.2) is 17.8 Å². The molecule has 1 aromatic carbocycles. The molecule has 4 heterocycles. The van der Waals surface area contributed by atoms with Crippen LogP contribution in [0.3, 0.4) is 0 Å². The van der Waals surface area contributed by atoms with Crippen molar-refractivity contribution in [2.45, 2.75) is 119 Å². The molecule has 0 amide bonds. The van der Waals surface area contributed by atoms with Gasteiger partial charge in [0.25, 0.3) is 0 Å². The van der Waals surface area contributed by atoms with Crippen LogP contribution in [-0.4, -0.2) is 138 Å². The summed E-state index contributed by atoms with van der Waals surface area (Å²) in [5, 5.41) is 82.4. The lowest BCUT2D eigenvalue weighted by molar-refractivity contribution is -0.352. The van der Waals surface area contributed by atoms with Crippen molar-refractivity contribution in [1.29, 1.82) is 0 Å². The molecule has 6 rings (SSSR count). The number of hydrogen-bond acceptors (Lipinski definition) is 16. The summed E-state index contributed by atoms with van der Waals surface area (Å²) in [6.07, 6.45) is -11.2. The molecule has 3 aromatic rings. The van der Waals surface area contributed by atoms with E-state index in [9.17, 15) is 49.6 Å². The van der Waals surface area contributed by atoms with E-state index in [4.69, 9.17) is 28.4 Å². The van der Waals surface area contributed by atoms with Crippen LogP contribution in [0.5, 0.6) is 17.4 Å². The zero-order valence-corrected chi connectivity index (χ0v) is 29.9. The number of aliphatic hydroxyl groups excluding tert-OH is 7. The Morgan fingerprint density at radius 3 is 2.05 bits per heavy atom. The zero-order chi connectivity index (χ0) is 39.6. The van der Waals surface area contributed by atoms with Gasteiger partial charge in [0, 0.05) is 24.4 Å². The maximum atomic E-state index is 13.2. The summed E-state index contributed by atoms with van der Waals surface area (Å²) in [6.45, 7) is -1.28. The number of aromatic nitrogens is 2. The monoisotopic (exact) mass is 780 g/mol. The molecule has 302 valence electrons. The van der Waals surface area contributed by atoms with Crippen LogP contribution in [0.15, 0.2) is 54.9 Å². The molecule has 8 N–H and O–H groups in total. The molecule has 3 aliphatic rings. The van der Waals surface area contributed by atoms with E-state index in [0.717, 1.165) is 18.4 Å². The molecule has 1 aliphatic carbocycles. The van der Waals surface area contributed by atoms with E-state index in [1.54, 1.807) is 44.3 Å². The number of rotatable bonds is 15. The number of pyridine rings is 2. The van der Waals surface area contributed by atoms with Crippen LogP contribution >= 0.6 is 0 Å². The lowest BCUT2D eigenvalue weighted by Crippen LogP contribution is -2.65. The second-order valence-corrected chi connectivity index (χ2v) is 14.3. The van der Waals surface area contributed by atoms with Crippen molar-refractivity contribution in [2.24, 2.45) is 0 Å². The summed E-state index contributed by atoms with van der Waals surface area (Å²) in [6, 6.07) is 11.5. The quantitative estimate of drug-likeness (QED) is 0.103. The Morgan fingerprint density at radius 1 is 0.764 bits per heavy atom. The van der Waals surface area contributed by atoms with Crippen LogP contribution in [-0.2, 0) is 26.2 Å². The minimum atomic E-state index is -3.04. The van der Waals surface area contributed by atoms with Gasteiger partial charge in [-0.05, 0) is 68.0 Å². The maximum Gasteiger partial charge on any atom is 0.387 e. The second-order valence-electron chi connectivity index (χ2n) is 14.3. The normalized spacial score (nSPS) is 30.6. The highest BCUT2D eigenvalue weighted by atomic mass is 19.3. The van der Waals surface area contributed by atoms with E-state index in [1.165, 1.54) is 18.3 Å². The Kier molecular flexibility index (Phi) is 12.8. The molecule has 0 bridgehead atoms. The number of aliphatic hydroxyl groups is 8. The highest BCUT2D eigenvalue weighted by Crippen LogP contribution is 2.39. The first kappa shape index (κ1) is 41.0. The van der Waals surface area contributed by atoms with Gasteiger partial charge in [0.2, 0.25) is 12.2 Å². The summed E-state index contributed by atoms with van der Waals surface area (Å²) < 4.78 is 59.4. The third-order valence-electron chi connectivity index (χ3n) is 9.65. The molecule has 55 heavy (non-hydrogen) atoms. The van der Waals surface area contributed by atoms with E-state index >= 15 is 0 Å². The van der Waals surface area contributed by atoms with Crippen molar-refractivity contribution in [3.63, 3.8) is 0 Å². The summed E-state index contributed by atoms with van der Waals surface area (Å²) in [4.78, 5) is 8.80. The first-order valence-corrected chi connectivity index (χ1v) is 17.8. The minimum Gasteiger partial charge on any atom is -0.487 e. The van der Waals surface area contributed by atoms with E-state index in [1.807, 2.05) is 6.07 Å². The van der Waals surface area contributed by atoms with Crippen molar-refractivity contribution in [3.05, 3.63) is 77.2 Å². The predicted molar refractivity (Wildman–Crippen MR) is 183 cm³/mol. The number of hydrogen-bond donors (Lipinski definition) is 8. The molecule has 11 atom stereocenters. The zero-order valence-electron chi connectivity index (χ0n) is 29.9. The molecule has 4 unspecified atom stereocenters. The highest BCUT2D eigenvalue weighted by molar-refractivity contribution is 5.47. The fraction of sp³-hybridized carbons (Fsp3) is 0.568. The van der Waals surface area contributed by atoms with Gasteiger partial charge in [-0.1, -0.05) is 18.2 Å². The van der Waals surface area contributed by atoms with Crippen molar-refractivity contribution < 1.29 is 78.1 Å². The smallest absolute Gasteiger partial charge is 0.387 e. The fourth-order valence-electron chi connectivity index (χ4n) is 6.40. The first-order chi connectivity index (χ1) is 26.2. The fourth-order valence-corrected chi connectivity index (χ4v) is 6.40. The average Bonchev–Trinajstić information content (AvgIpc) is 3.98. The van der Waals surface area contributed by atoms with Crippen molar-refractivity contribution in [1.82, 2.24) is 9.97 Å². The maximum absolute atomic E-state index is 13.2. The van der Waals surface area contributed by atoms with Crippen molar-refractivity contribution >= 4 is 0 Å². The summed E-state index contributed by atoms with van der Waals surface area (Å²) in [5.74, 6) is -0.325. The molecule has 0 radical (unpaired) electrons. The number of alkyl halides is 2. The van der Waals surface area contributed by atoms with Crippen molar-refractivity contribution in [3.8, 4) is 17.4 Å². The molecule has 16 nitrogen and oxygen atoms in total. The molecule has 2 saturated heterocycles. The predicted octanol–water partition coefficient (Wildman–Crippen LogP) is 0.224. The van der Waals surface area contributed by atoms with E-state index < -0.39 is 92.8 Å². The Morgan fingerprint density at radius 2 is 1.45 bits per heavy atom. The van der Waals surface area contributed by atoms with Gasteiger partial charge in [0.1, 0.15) is 54.4 Å². The summed E-state index contributed by atoms with van der Waals surface area (Å²) >= 11 is 0. The Labute approximate surface area is 314 Å². The van der Waals surface area contributed by atoms with Crippen LogP contribution in [0.2, 0.25) is 0 Å². The SMILES string of the molecule is CC(C)(O)c1ccc([C@@H](Cc2ccc(O[C@@H]3OC(CO)[C@@H](O[C@@H]4OC(CO)[C@@H](O)C(O)[C@@H]4O)C(O)[C@@H]3O)nc2)c2ccc(OC(F)F)c(OC3CC3)c2)cn1. The highest BCUT2D eigenvalue weighted by Gasteiger charge is 2.51. The number of nitrogens with zero attached hydrogens (tertiary/aromatic N) is 2. The largest absolute Gasteiger partial charge is 0.487 e. The van der Waals surface area contributed by atoms with Gasteiger partial charge in [-0.25, -0.2) is 4.98 Å². The van der Waals surface area contributed by atoms with Crippen LogP contribution in [0.25, 0.3) is 0 Å². The molecule has 0 spiro atoms. The van der Waals surface area contributed by atoms with Crippen LogP contribution in [0.4, 0.5) is 8.78 Å². The average molecular weight is 781 g/mol. The molecule has 2 aliphatic heterocycles. The molecule has 1 saturated carbocycles. The number of halogens is 2. The van der Waals surface area contributed by atoms with Gasteiger partial charge in [-0.2, -0.15) is 8.78 Å². The molecule has 2 aromatic heterocycles. The third kappa shape index (κ3) is 9.66. The van der Waals surface area contributed by atoms with E-state index in [2.05, 4.69) is 9.97 Å². The molecular formula is C37H46F2N2O14. The van der Waals surface area contributed by atoms with Gasteiger partial charge >= 0.3 is 6.61 Å². The topological polar surface area (TPSA) is 243 Å². The molecular weight excluding hydrogens is 734 g/mol. The molecule has 3 fully saturated rings. The van der Waals surface area contributed by atoms with E-state index in [-0.39, 0.29) is 23.5 Å². The van der Waals surface area contributed by atoms with Crippen molar-refractivity contribution in [2.75, 3.05) is 13.2 Å². The third-order valence-corrected chi connectivity index (χ3v) is 9.65. The van der Waals surface area contributed by atoms with Crippen LogP contribution < -0.4 is 14.2 Å². The number of benzene rings is 1. The van der Waals surface area contributed by atoms with Crippen LogP contribution in [0.1, 0.15) is 55.0 Å². The second kappa shape index (κ2) is 17.2.